The highest BCUT2D eigenvalue weighted by Gasteiger charge is 2.22. The van der Waals surface area contributed by atoms with E-state index in [1.165, 1.54) is 4.57 Å². The number of aliphatic hydroxyl groups excluding tert-OH is 1. The Hall–Kier alpha value is -4.75. The van der Waals surface area contributed by atoms with Crippen LogP contribution in [0.3, 0.4) is 0 Å². The highest BCUT2D eigenvalue weighted by molar-refractivity contribution is 6.29. The second-order valence-corrected chi connectivity index (χ2v) is 9.63. The fourth-order valence-electron chi connectivity index (χ4n) is 4.78. The molecule has 6 rings (SSSR count). The van der Waals surface area contributed by atoms with Crippen molar-refractivity contribution in [2.45, 2.75) is 26.5 Å². The molecule has 0 saturated carbocycles. The van der Waals surface area contributed by atoms with E-state index in [0.717, 1.165) is 11.1 Å². The first-order valence-corrected chi connectivity index (χ1v) is 12.5. The van der Waals surface area contributed by atoms with E-state index >= 15 is 0 Å². The molecule has 0 radical (unpaired) electrons. The molecule has 6 aromatic rings. The average Bonchev–Trinajstić information content (AvgIpc) is 3.65. The van der Waals surface area contributed by atoms with E-state index in [-0.39, 0.29) is 34.7 Å². The van der Waals surface area contributed by atoms with Crippen LogP contribution in [0.25, 0.3) is 39.3 Å². The maximum Gasteiger partial charge on any atom is 0.261 e. The highest BCUT2D eigenvalue weighted by atomic mass is 35.5. The van der Waals surface area contributed by atoms with Crippen molar-refractivity contribution >= 4 is 33.8 Å². The van der Waals surface area contributed by atoms with Gasteiger partial charge in [0, 0.05) is 29.1 Å². The molecule has 0 aliphatic carbocycles. The Morgan fingerprint density at radius 1 is 1.18 bits per heavy atom. The van der Waals surface area contributed by atoms with Gasteiger partial charge in [0.05, 0.1) is 29.6 Å². The minimum atomic E-state index is -2.61. The number of aromatic nitrogens is 10. The number of rotatable bonds is 6. The first kappa shape index (κ1) is 22.1. The van der Waals surface area contributed by atoms with Gasteiger partial charge in [0.1, 0.15) is 35.1 Å². The summed E-state index contributed by atoms with van der Waals surface area (Å²) >= 11 is 6.18. The molecule has 0 spiro atoms. The second-order valence-electron chi connectivity index (χ2n) is 9.25. The summed E-state index contributed by atoms with van der Waals surface area (Å²) in [4.78, 5) is 31.5. The molecular weight excluding hydrogens is 534 g/mol. The van der Waals surface area contributed by atoms with Crippen molar-refractivity contribution in [3.8, 4) is 22.8 Å². The molecule has 0 amide bonds. The average molecular weight is 561 g/mol. The molecule has 14 heteroatoms. The van der Waals surface area contributed by atoms with E-state index in [0.29, 0.717) is 38.3 Å². The number of anilines is 1. The van der Waals surface area contributed by atoms with Crippen molar-refractivity contribution in [2.24, 2.45) is 14.0 Å². The molecule has 2 N–H and O–H groups in total. The third-order valence-corrected chi connectivity index (χ3v) is 6.78. The molecule has 0 bridgehead atoms. The van der Waals surface area contributed by atoms with E-state index < -0.39 is 13.0 Å². The number of nitrogens with one attached hydrogen (secondary N) is 1. The number of nitrogens with zero attached hydrogens (tertiary/aromatic N) is 10. The van der Waals surface area contributed by atoms with E-state index in [9.17, 15) is 9.90 Å². The van der Waals surface area contributed by atoms with Crippen molar-refractivity contribution in [1.82, 2.24) is 49.1 Å². The number of fused-ring (bicyclic) bond motifs is 3. The number of hydrogen-bond acceptors (Lipinski definition) is 10. The number of benzene rings is 1. The summed E-state index contributed by atoms with van der Waals surface area (Å²) in [5, 5.41) is 24.9. The number of imidazole rings is 1. The fraction of sp³-hybridized carbons (Fsp3) is 0.231. The van der Waals surface area contributed by atoms with Crippen LogP contribution in [-0.2, 0) is 20.6 Å². The van der Waals surface area contributed by atoms with Crippen LogP contribution < -0.4 is 10.9 Å². The monoisotopic (exact) mass is 560 g/mol. The van der Waals surface area contributed by atoms with Crippen LogP contribution in [0.1, 0.15) is 34.0 Å². The molecule has 0 fully saturated rings. The maximum atomic E-state index is 13.7. The first-order chi connectivity index (χ1) is 20.5. The molecule has 1 aromatic carbocycles. The van der Waals surface area contributed by atoms with Gasteiger partial charge in [-0.1, -0.05) is 17.7 Å². The van der Waals surface area contributed by atoms with E-state index in [1.54, 1.807) is 37.9 Å². The lowest BCUT2D eigenvalue weighted by Crippen LogP contribution is -2.21. The molecule has 5 heterocycles. The number of pyridine rings is 1. The van der Waals surface area contributed by atoms with Gasteiger partial charge >= 0.3 is 0 Å². The van der Waals surface area contributed by atoms with Crippen LogP contribution >= 0.6 is 11.6 Å². The van der Waals surface area contributed by atoms with E-state index in [1.807, 2.05) is 30.4 Å². The Labute approximate surface area is 236 Å². The van der Waals surface area contributed by atoms with Crippen LogP contribution in [0.4, 0.5) is 5.69 Å². The Morgan fingerprint density at radius 2 is 1.98 bits per heavy atom. The van der Waals surface area contributed by atoms with Crippen LogP contribution in [0.2, 0.25) is 5.15 Å². The van der Waals surface area contributed by atoms with Crippen molar-refractivity contribution in [1.29, 1.82) is 0 Å². The van der Waals surface area contributed by atoms with Crippen molar-refractivity contribution in [3.05, 3.63) is 75.4 Å². The molecule has 0 aliphatic heterocycles. The molecule has 0 aliphatic rings. The molecule has 1 atom stereocenters. The van der Waals surface area contributed by atoms with Gasteiger partial charge in [-0.15, -0.1) is 10.2 Å². The molecule has 5 aromatic heterocycles. The first-order valence-electron chi connectivity index (χ1n) is 13.6. The minimum absolute atomic E-state index is 0.0210. The minimum Gasteiger partial charge on any atom is -0.388 e. The predicted molar refractivity (Wildman–Crippen MR) is 149 cm³/mol. The quantitative estimate of drug-likeness (QED) is 0.290. The lowest BCUT2D eigenvalue weighted by molar-refractivity contribution is 0.271. The van der Waals surface area contributed by atoms with Crippen molar-refractivity contribution in [3.63, 3.8) is 0 Å². The Morgan fingerprint density at radius 3 is 2.70 bits per heavy atom. The molecule has 202 valence electrons. The van der Waals surface area contributed by atoms with Gasteiger partial charge in [-0.25, -0.2) is 19.9 Å². The van der Waals surface area contributed by atoms with Crippen LogP contribution in [0.15, 0.2) is 47.8 Å². The summed E-state index contributed by atoms with van der Waals surface area (Å²) in [5.74, 6) is 0.254. The van der Waals surface area contributed by atoms with Gasteiger partial charge < -0.3 is 10.4 Å². The van der Waals surface area contributed by atoms with Gasteiger partial charge in [0.15, 0.2) is 5.82 Å². The Balaban J connectivity index is 1.50. The standard InChI is InChI=1S/C26H24ClN11O2/c1-13-7-16(14(2)31-18-5-6-19(27)32-22(18)24-33-35-37(4)34-24)23-17(8-13)26(40)36(3)25-21(30-12-38(23)25)15-9-28-20(11-39)29-10-15/h5-10,12,14,31,39H,11H2,1-4H3/i4D3. The highest BCUT2D eigenvalue weighted by Crippen LogP contribution is 2.33. The second kappa shape index (κ2) is 9.77. The largest absolute Gasteiger partial charge is 0.388 e. The zero-order valence-corrected chi connectivity index (χ0v) is 22.3. The number of tetrazole rings is 1. The summed E-state index contributed by atoms with van der Waals surface area (Å²) < 4.78 is 26.1. The van der Waals surface area contributed by atoms with Crippen LogP contribution in [0.5, 0.6) is 0 Å². The molecule has 1 unspecified atom stereocenters. The fourth-order valence-corrected chi connectivity index (χ4v) is 4.92. The summed E-state index contributed by atoms with van der Waals surface area (Å²) in [5.41, 5.74) is 4.40. The van der Waals surface area contributed by atoms with Crippen molar-refractivity contribution in [2.75, 3.05) is 5.32 Å². The number of halogens is 1. The zero-order valence-electron chi connectivity index (χ0n) is 24.5. The molecular formula is C26H24ClN11O2. The SMILES string of the molecule is [2H]C([2H])([2H])n1nnc(-c2nc(Cl)ccc2NC(C)c2cc(C)cc3c(=O)n(C)c4c(-c5cnc(CO)nc5)ncn4c23)n1. The maximum absolute atomic E-state index is 13.7. The molecule has 0 saturated heterocycles. The lowest BCUT2D eigenvalue weighted by Gasteiger charge is -2.21. The van der Waals surface area contributed by atoms with Crippen LogP contribution in [-0.4, -0.2) is 54.2 Å². The van der Waals surface area contributed by atoms with Gasteiger partial charge in [0.2, 0.25) is 5.82 Å². The third kappa shape index (κ3) is 4.25. The Kier molecular flexibility index (Phi) is 5.40. The molecule has 13 nitrogen and oxygen atoms in total. The van der Waals surface area contributed by atoms with E-state index in [4.69, 9.17) is 15.7 Å². The topological polar surface area (TPSA) is 154 Å². The van der Waals surface area contributed by atoms with Crippen molar-refractivity contribution < 1.29 is 9.22 Å². The van der Waals surface area contributed by atoms with Gasteiger partial charge in [-0.2, -0.15) is 4.80 Å². The Bertz CT molecular complexity index is 2070. The molecule has 40 heavy (non-hydrogen) atoms. The summed E-state index contributed by atoms with van der Waals surface area (Å²) in [6, 6.07) is 6.68. The van der Waals surface area contributed by atoms with Crippen LogP contribution in [0, 0.1) is 6.92 Å². The van der Waals surface area contributed by atoms with E-state index in [2.05, 4.69) is 40.7 Å². The lowest BCUT2D eigenvalue weighted by atomic mass is 10.0. The summed E-state index contributed by atoms with van der Waals surface area (Å²) in [7, 11) is 1.68. The number of aliphatic hydroxyl groups is 1. The summed E-state index contributed by atoms with van der Waals surface area (Å²) in [6.07, 6.45) is 4.76. The van der Waals surface area contributed by atoms with Gasteiger partial charge in [-0.05, 0) is 48.4 Å². The predicted octanol–water partition coefficient (Wildman–Crippen LogP) is 2.86. The van der Waals surface area contributed by atoms with Gasteiger partial charge in [0.25, 0.3) is 5.56 Å². The summed E-state index contributed by atoms with van der Waals surface area (Å²) in [6.45, 7) is 0.923. The van der Waals surface area contributed by atoms with Gasteiger partial charge in [-0.3, -0.25) is 13.8 Å². The number of aryl methyl sites for hydroxylation is 3. The number of hydrogen-bond donors (Lipinski definition) is 2. The zero-order chi connectivity index (χ0) is 30.6. The normalized spacial score (nSPS) is 13.8. The third-order valence-electron chi connectivity index (χ3n) is 6.57. The smallest absolute Gasteiger partial charge is 0.261 e.